The van der Waals surface area contributed by atoms with E-state index in [4.69, 9.17) is 10.5 Å². The highest BCUT2D eigenvalue weighted by Crippen LogP contribution is 2.64. The van der Waals surface area contributed by atoms with Crippen molar-refractivity contribution >= 4 is 11.6 Å². The third-order valence-electron chi connectivity index (χ3n) is 8.23. The highest BCUT2D eigenvalue weighted by Gasteiger charge is 2.57. The number of Topliss-reactive ketones (excluding diaryl/α,β-unsaturated/α-hetero) is 1. The van der Waals surface area contributed by atoms with E-state index < -0.39 is 0 Å². The SMILES string of the molecule is C[C@]12CCC(=O)C=C1CCC1C2=CC[C@@]2(C)C1CC[C@@H]2C(=O)COCCN. The molecule has 2 unspecified atom stereocenters. The van der Waals surface area contributed by atoms with Gasteiger partial charge in [0.1, 0.15) is 6.61 Å². The lowest BCUT2D eigenvalue weighted by molar-refractivity contribution is -0.131. The monoisotopic (exact) mass is 371 g/mol. The number of fused-ring (bicyclic) bond motifs is 5. The molecule has 4 aliphatic carbocycles. The summed E-state index contributed by atoms with van der Waals surface area (Å²) in [5, 5.41) is 0. The first-order valence-corrected chi connectivity index (χ1v) is 10.6. The van der Waals surface area contributed by atoms with Crippen LogP contribution in [0.15, 0.2) is 23.3 Å². The van der Waals surface area contributed by atoms with Gasteiger partial charge in [0.05, 0.1) is 6.61 Å². The standard InChI is InChI=1S/C23H33NO3/c1-22-9-7-16(25)13-15(22)3-4-17-18-5-6-20(21(26)14-27-12-11-24)23(18,2)10-8-19(17)22/h8,13,17-18,20H,3-7,9-12,14,24H2,1-2H3/t17?,18?,20-,22+,23+/m1/s1. The average Bonchev–Trinajstić information content (AvgIpc) is 3.00. The maximum atomic E-state index is 12.8. The molecule has 4 heteroatoms. The molecule has 0 saturated heterocycles. The van der Waals surface area contributed by atoms with Crippen molar-refractivity contribution in [1.82, 2.24) is 0 Å². The molecule has 2 fully saturated rings. The normalized spacial score (nSPS) is 40.6. The molecule has 0 aromatic rings. The van der Waals surface area contributed by atoms with Crippen molar-refractivity contribution in [3.05, 3.63) is 23.3 Å². The fourth-order valence-electron chi connectivity index (χ4n) is 6.74. The molecule has 2 N–H and O–H groups in total. The van der Waals surface area contributed by atoms with Crippen LogP contribution in [-0.2, 0) is 14.3 Å². The summed E-state index contributed by atoms with van der Waals surface area (Å²) in [5.41, 5.74) is 8.53. The quantitative estimate of drug-likeness (QED) is 0.592. The zero-order valence-corrected chi connectivity index (χ0v) is 16.8. The molecule has 4 nitrogen and oxygen atoms in total. The van der Waals surface area contributed by atoms with E-state index >= 15 is 0 Å². The molecule has 148 valence electrons. The van der Waals surface area contributed by atoms with Crippen LogP contribution in [-0.4, -0.2) is 31.3 Å². The van der Waals surface area contributed by atoms with Crippen molar-refractivity contribution in [2.24, 2.45) is 34.3 Å². The summed E-state index contributed by atoms with van der Waals surface area (Å²) in [6.07, 6.45) is 11.3. The number of hydrogen-bond acceptors (Lipinski definition) is 4. The van der Waals surface area contributed by atoms with Gasteiger partial charge in [-0.05, 0) is 61.9 Å². The van der Waals surface area contributed by atoms with E-state index in [0.29, 0.717) is 37.2 Å². The molecule has 2 saturated carbocycles. The van der Waals surface area contributed by atoms with Crippen LogP contribution in [0.2, 0.25) is 0 Å². The number of allylic oxidation sites excluding steroid dienone is 4. The number of hydrogen-bond donors (Lipinski definition) is 1. The predicted octanol–water partition coefficient (Wildman–Crippen LogP) is 3.60. The molecular weight excluding hydrogens is 338 g/mol. The largest absolute Gasteiger partial charge is 0.372 e. The zero-order valence-electron chi connectivity index (χ0n) is 16.8. The Morgan fingerprint density at radius 3 is 2.85 bits per heavy atom. The Balaban J connectivity index is 1.59. The van der Waals surface area contributed by atoms with Gasteiger partial charge in [0, 0.05) is 24.3 Å². The van der Waals surface area contributed by atoms with Gasteiger partial charge in [0.15, 0.2) is 11.6 Å². The summed E-state index contributed by atoms with van der Waals surface area (Å²) in [6.45, 7) is 5.81. The molecule has 4 rings (SSSR count). The van der Waals surface area contributed by atoms with Crippen molar-refractivity contribution in [3.63, 3.8) is 0 Å². The molecule has 0 aromatic heterocycles. The predicted molar refractivity (Wildman–Crippen MR) is 105 cm³/mol. The van der Waals surface area contributed by atoms with Gasteiger partial charge in [0.25, 0.3) is 0 Å². The van der Waals surface area contributed by atoms with Crippen LogP contribution in [0, 0.1) is 28.6 Å². The smallest absolute Gasteiger partial charge is 0.162 e. The van der Waals surface area contributed by atoms with Crippen LogP contribution in [0.3, 0.4) is 0 Å². The molecule has 0 aromatic carbocycles. The van der Waals surface area contributed by atoms with E-state index in [1.165, 1.54) is 5.57 Å². The zero-order chi connectivity index (χ0) is 19.2. The van der Waals surface area contributed by atoms with Crippen LogP contribution in [0.1, 0.15) is 58.8 Å². The summed E-state index contributed by atoms with van der Waals surface area (Å²) in [5.74, 6) is 1.82. The molecule has 5 atom stereocenters. The molecule has 0 bridgehead atoms. The molecule has 0 aliphatic heterocycles. The number of rotatable bonds is 5. The van der Waals surface area contributed by atoms with Crippen molar-refractivity contribution in [3.8, 4) is 0 Å². The second-order valence-electron chi connectivity index (χ2n) is 9.53. The van der Waals surface area contributed by atoms with Gasteiger partial charge in [-0.1, -0.05) is 31.1 Å². The van der Waals surface area contributed by atoms with E-state index in [0.717, 1.165) is 38.5 Å². The Morgan fingerprint density at radius 2 is 2.07 bits per heavy atom. The van der Waals surface area contributed by atoms with Crippen molar-refractivity contribution in [2.75, 3.05) is 19.8 Å². The van der Waals surface area contributed by atoms with Crippen LogP contribution >= 0.6 is 0 Å². The van der Waals surface area contributed by atoms with Crippen LogP contribution in [0.5, 0.6) is 0 Å². The van der Waals surface area contributed by atoms with Gasteiger partial charge in [-0.15, -0.1) is 0 Å². The number of ether oxygens (including phenoxy) is 1. The topological polar surface area (TPSA) is 69.4 Å². The lowest BCUT2D eigenvalue weighted by Crippen LogP contribution is -2.45. The van der Waals surface area contributed by atoms with Crippen molar-refractivity contribution < 1.29 is 14.3 Å². The highest BCUT2D eigenvalue weighted by molar-refractivity contribution is 5.92. The minimum Gasteiger partial charge on any atom is -0.372 e. The number of carbonyl (C=O) groups is 2. The van der Waals surface area contributed by atoms with Gasteiger partial charge in [-0.3, -0.25) is 9.59 Å². The van der Waals surface area contributed by atoms with E-state index in [-0.39, 0.29) is 29.1 Å². The maximum Gasteiger partial charge on any atom is 0.162 e. The maximum absolute atomic E-state index is 12.8. The lowest BCUT2D eigenvalue weighted by Gasteiger charge is -2.53. The van der Waals surface area contributed by atoms with Gasteiger partial charge >= 0.3 is 0 Å². The molecule has 0 spiro atoms. The van der Waals surface area contributed by atoms with E-state index in [9.17, 15) is 9.59 Å². The molecule has 4 aliphatic rings. The number of ketones is 2. The fraction of sp³-hybridized carbons (Fsp3) is 0.739. The number of carbonyl (C=O) groups excluding carboxylic acids is 2. The Kier molecular flexibility index (Phi) is 4.92. The third kappa shape index (κ3) is 2.96. The van der Waals surface area contributed by atoms with Gasteiger partial charge in [0.2, 0.25) is 0 Å². The Hall–Kier alpha value is -1.26. The average molecular weight is 372 g/mol. The van der Waals surface area contributed by atoms with Crippen LogP contribution < -0.4 is 5.73 Å². The minimum absolute atomic E-state index is 0.0549. The molecule has 0 heterocycles. The molecule has 0 radical (unpaired) electrons. The second kappa shape index (κ2) is 6.97. The Labute approximate surface area is 162 Å². The first-order chi connectivity index (χ1) is 12.9. The molecular formula is C23H33NO3. The summed E-state index contributed by atoms with van der Waals surface area (Å²) < 4.78 is 5.46. The highest BCUT2D eigenvalue weighted by atomic mass is 16.5. The Bertz CT molecular complexity index is 708. The van der Waals surface area contributed by atoms with Gasteiger partial charge in [-0.25, -0.2) is 0 Å². The fourth-order valence-corrected chi connectivity index (χ4v) is 6.74. The van der Waals surface area contributed by atoms with Gasteiger partial charge in [-0.2, -0.15) is 0 Å². The first kappa shape index (κ1) is 19.1. The third-order valence-corrected chi connectivity index (χ3v) is 8.23. The number of nitrogens with two attached hydrogens (primary N) is 1. The first-order valence-electron chi connectivity index (χ1n) is 10.6. The minimum atomic E-state index is 0.0549. The Morgan fingerprint density at radius 1 is 1.26 bits per heavy atom. The lowest BCUT2D eigenvalue weighted by atomic mass is 9.51. The molecule has 27 heavy (non-hydrogen) atoms. The van der Waals surface area contributed by atoms with Gasteiger partial charge < -0.3 is 10.5 Å². The van der Waals surface area contributed by atoms with Crippen molar-refractivity contribution in [2.45, 2.75) is 58.8 Å². The van der Waals surface area contributed by atoms with E-state index in [2.05, 4.69) is 19.9 Å². The second-order valence-corrected chi connectivity index (χ2v) is 9.53. The summed E-state index contributed by atoms with van der Waals surface area (Å²) in [6, 6.07) is 0. The summed E-state index contributed by atoms with van der Waals surface area (Å²) in [4.78, 5) is 24.8. The van der Waals surface area contributed by atoms with Crippen molar-refractivity contribution in [1.29, 1.82) is 0 Å². The molecule has 0 amide bonds. The van der Waals surface area contributed by atoms with E-state index in [1.807, 2.05) is 6.08 Å². The summed E-state index contributed by atoms with van der Waals surface area (Å²) >= 11 is 0. The van der Waals surface area contributed by atoms with Crippen LogP contribution in [0.4, 0.5) is 0 Å². The van der Waals surface area contributed by atoms with Crippen LogP contribution in [0.25, 0.3) is 0 Å². The van der Waals surface area contributed by atoms with E-state index in [1.54, 1.807) is 5.57 Å². The summed E-state index contributed by atoms with van der Waals surface area (Å²) in [7, 11) is 0.